The molecule has 0 radical (unpaired) electrons. The van der Waals surface area contributed by atoms with Crippen LogP contribution in [0.2, 0.25) is 5.02 Å². The van der Waals surface area contributed by atoms with E-state index in [1.807, 2.05) is 24.3 Å². The quantitative estimate of drug-likeness (QED) is 0.851. The van der Waals surface area contributed by atoms with Gasteiger partial charge in [-0.15, -0.1) is 0 Å². The van der Waals surface area contributed by atoms with Gasteiger partial charge in [-0.3, -0.25) is 0 Å². The second-order valence-electron chi connectivity index (χ2n) is 4.91. The van der Waals surface area contributed by atoms with Gasteiger partial charge < -0.3 is 15.2 Å². The lowest BCUT2D eigenvalue weighted by molar-refractivity contribution is 0.277. The first-order valence-corrected chi connectivity index (χ1v) is 7.55. The van der Waals surface area contributed by atoms with Crippen molar-refractivity contribution < 1.29 is 4.52 Å². The van der Waals surface area contributed by atoms with E-state index in [2.05, 4.69) is 28.9 Å². The van der Waals surface area contributed by atoms with Gasteiger partial charge in [-0.2, -0.15) is 4.98 Å². The summed E-state index contributed by atoms with van der Waals surface area (Å²) in [4.78, 5) is 6.61. The molecule has 0 saturated carbocycles. The first kappa shape index (κ1) is 15.9. The third-order valence-corrected chi connectivity index (χ3v) is 3.83. The summed E-state index contributed by atoms with van der Waals surface area (Å²) in [5.74, 6) is 1.08. The highest BCUT2D eigenvalue weighted by Crippen LogP contribution is 2.18. The van der Waals surface area contributed by atoms with Crippen LogP contribution in [0.1, 0.15) is 37.2 Å². The second-order valence-corrected chi connectivity index (χ2v) is 5.31. The Morgan fingerprint density at radius 2 is 2.00 bits per heavy atom. The number of nitrogens with zero attached hydrogens (tertiary/aromatic N) is 3. The summed E-state index contributed by atoms with van der Waals surface area (Å²) in [6, 6.07) is 7.38. The van der Waals surface area contributed by atoms with Crippen LogP contribution in [0.4, 0.5) is 0 Å². The molecular formula is C15H21ClN4O. The molecule has 2 rings (SSSR count). The molecule has 1 atom stereocenters. The molecule has 0 aliphatic rings. The zero-order chi connectivity index (χ0) is 15.2. The highest BCUT2D eigenvalue weighted by molar-refractivity contribution is 6.31. The predicted molar refractivity (Wildman–Crippen MR) is 83.3 cm³/mol. The molecule has 0 amide bonds. The molecule has 1 aromatic carbocycles. The van der Waals surface area contributed by atoms with Crippen LogP contribution in [0.25, 0.3) is 0 Å². The first-order valence-electron chi connectivity index (χ1n) is 7.17. The third kappa shape index (κ3) is 4.27. The van der Waals surface area contributed by atoms with Crippen molar-refractivity contribution in [1.29, 1.82) is 0 Å². The second kappa shape index (κ2) is 7.54. The lowest BCUT2D eigenvalue weighted by Gasteiger charge is -2.20. The molecule has 0 bridgehead atoms. The van der Waals surface area contributed by atoms with Gasteiger partial charge in [0.05, 0.1) is 12.5 Å². The molecule has 1 heterocycles. The molecule has 21 heavy (non-hydrogen) atoms. The Morgan fingerprint density at radius 1 is 1.29 bits per heavy atom. The maximum atomic E-state index is 6.13. The summed E-state index contributed by atoms with van der Waals surface area (Å²) in [5, 5.41) is 4.68. The molecule has 6 heteroatoms. The average Bonchev–Trinajstić information content (AvgIpc) is 2.95. The van der Waals surface area contributed by atoms with Gasteiger partial charge in [0, 0.05) is 11.6 Å². The number of halogens is 1. The molecule has 0 fully saturated rings. The monoisotopic (exact) mass is 308 g/mol. The van der Waals surface area contributed by atoms with Crippen molar-refractivity contribution in [2.75, 3.05) is 19.6 Å². The predicted octanol–water partition coefficient (Wildman–Crippen LogP) is 2.66. The van der Waals surface area contributed by atoms with Crippen molar-refractivity contribution in [3.63, 3.8) is 0 Å². The van der Waals surface area contributed by atoms with E-state index in [4.69, 9.17) is 21.9 Å². The lowest BCUT2D eigenvalue weighted by atomic mass is 10.1. The highest BCUT2D eigenvalue weighted by Gasteiger charge is 2.17. The largest absolute Gasteiger partial charge is 0.339 e. The Morgan fingerprint density at radius 3 is 2.67 bits per heavy atom. The topological polar surface area (TPSA) is 68.2 Å². The van der Waals surface area contributed by atoms with E-state index in [1.165, 1.54) is 0 Å². The van der Waals surface area contributed by atoms with Crippen LogP contribution in [-0.2, 0) is 6.42 Å². The third-order valence-electron chi connectivity index (χ3n) is 3.46. The molecule has 1 unspecified atom stereocenters. The van der Waals surface area contributed by atoms with E-state index in [1.54, 1.807) is 0 Å². The number of nitrogens with two attached hydrogens (primary N) is 1. The highest BCUT2D eigenvalue weighted by atomic mass is 35.5. The number of rotatable bonds is 7. The molecule has 1 aromatic heterocycles. The molecule has 0 spiro atoms. The molecule has 114 valence electrons. The standard InChI is InChI=1S/C15H21ClN4O/c1-3-20(4-2)10-13(17)15-18-14(21-19-15)9-11-7-5-6-8-12(11)16/h5-8,13H,3-4,9-10,17H2,1-2H3. The molecule has 5 nitrogen and oxygen atoms in total. The van der Waals surface area contributed by atoms with Crippen molar-refractivity contribution in [3.05, 3.63) is 46.6 Å². The number of hydrogen-bond acceptors (Lipinski definition) is 5. The summed E-state index contributed by atoms with van der Waals surface area (Å²) in [6.45, 7) is 6.84. The minimum atomic E-state index is -0.242. The van der Waals surface area contributed by atoms with Gasteiger partial charge in [0.15, 0.2) is 5.82 Å². The van der Waals surface area contributed by atoms with Gasteiger partial charge in [0.1, 0.15) is 0 Å². The van der Waals surface area contributed by atoms with Crippen LogP contribution in [0.5, 0.6) is 0 Å². The van der Waals surface area contributed by atoms with Gasteiger partial charge in [0.25, 0.3) is 0 Å². The fraction of sp³-hybridized carbons (Fsp3) is 0.467. The van der Waals surface area contributed by atoms with Crippen LogP contribution in [0.15, 0.2) is 28.8 Å². The van der Waals surface area contributed by atoms with E-state index in [0.717, 1.165) is 25.2 Å². The smallest absolute Gasteiger partial charge is 0.231 e. The maximum Gasteiger partial charge on any atom is 0.231 e. The maximum absolute atomic E-state index is 6.13. The van der Waals surface area contributed by atoms with Crippen molar-refractivity contribution in [1.82, 2.24) is 15.0 Å². The average molecular weight is 309 g/mol. The van der Waals surface area contributed by atoms with Crippen LogP contribution >= 0.6 is 11.6 Å². The molecular weight excluding hydrogens is 288 g/mol. The van der Waals surface area contributed by atoms with Gasteiger partial charge in [0.2, 0.25) is 5.89 Å². The Balaban J connectivity index is 2.02. The van der Waals surface area contributed by atoms with E-state index in [0.29, 0.717) is 23.2 Å². The lowest BCUT2D eigenvalue weighted by Crippen LogP contribution is -2.32. The van der Waals surface area contributed by atoms with Gasteiger partial charge >= 0.3 is 0 Å². The fourth-order valence-electron chi connectivity index (χ4n) is 2.14. The summed E-state index contributed by atoms with van der Waals surface area (Å²) < 4.78 is 5.28. The van der Waals surface area contributed by atoms with E-state index >= 15 is 0 Å². The molecule has 2 N–H and O–H groups in total. The van der Waals surface area contributed by atoms with Crippen LogP contribution in [0, 0.1) is 0 Å². The summed E-state index contributed by atoms with van der Waals surface area (Å²) in [6.07, 6.45) is 0.519. The van der Waals surface area contributed by atoms with E-state index in [-0.39, 0.29) is 6.04 Å². The first-order chi connectivity index (χ1) is 10.1. The fourth-order valence-corrected chi connectivity index (χ4v) is 2.34. The van der Waals surface area contributed by atoms with Crippen molar-refractivity contribution >= 4 is 11.6 Å². The molecule has 0 saturated heterocycles. The van der Waals surface area contributed by atoms with Crippen LogP contribution in [0.3, 0.4) is 0 Å². The van der Waals surface area contributed by atoms with Gasteiger partial charge in [-0.05, 0) is 24.7 Å². The van der Waals surface area contributed by atoms with E-state index < -0.39 is 0 Å². The van der Waals surface area contributed by atoms with Crippen molar-refractivity contribution in [2.24, 2.45) is 5.73 Å². The van der Waals surface area contributed by atoms with E-state index in [9.17, 15) is 0 Å². The number of aromatic nitrogens is 2. The zero-order valence-corrected chi connectivity index (χ0v) is 13.2. The normalized spacial score (nSPS) is 12.8. The molecule has 0 aliphatic carbocycles. The summed E-state index contributed by atoms with van der Waals surface area (Å²) >= 11 is 6.13. The SMILES string of the molecule is CCN(CC)CC(N)c1noc(Cc2ccccc2Cl)n1. The number of likely N-dealkylation sites (N-methyl/N-ethyl adjacent to an activating group) is 1. The van der Waals surface area contributed by atoms with Crippen LogP contribution in [-0.4, -0.2) is 34.7 Å². The molecule has 0 aliphatic heterocycles. The Kier molecular flexibility index (Phi) is 5.73. The minimum absolute atomic E-state index is 0.242. The summed E-state index contributed by atoms with van der Waals surface area (Å²) in [5.41, 5.74) is 7.10. The zero-order valence-electron chi connectivity index (χ0n) is 12.4. The minimum Gasteiger partial charge on any atom is -0.339 e. The number of benzene rings is 1. The van der Waals surface area contributed by atoms with Gasteiger partial charge in [-0.1, -0.05) is 48.8 Å². The Bertz CT molecular complexity index is 568. The van der Waals surface area contributed by atoms with Crippen molar-refractivity contribution in [2.45, 2.75) is 26.3 Å². The summed E-state index contributed by atoms with van der Waals surface area (Å²) in [7, 11) is 0. The van der Waals surface area contributed by atoms with Crippen molar-refractivity contribution in [3.8, 4) is 0 Å². The van der Waals surface area contributed by atoms with Crippen LogP contribution < -0.4 is 5.73 Å². The molecule has 2 aromatic rings. The Labute approximate surface area is 130 Å². The number of hydrogen-bond donors (Lipinski definition) is 1. The Hall–Kier alpha value is -1.43. The van der Waals surface area contributed by atoms with Gasteiger partial charge in [-0.25, -0.2) is 0 Å².